The Hall–Kier alpha value is -0.810. The van der Waals surface area contributed by atoms with Crippen LogP contribution in [0.1, 0.15) is 33.6 Å². The Morgan fingerprint density at radius 1 is 1.50 bits per heavy atom. The number of hydrogen-bond donors (Lipinski definition) is 2. The van der Waals surface area contributed by atoms with Crippen molar-refractivity contribution in [2.24, 2.45) is 5.41 Å². The quantitative estimate of drug-likeness (QED) is 0.759. The second-order valence-corrected chi connectivity index (χ2v) is 5.71. The number of methoxy groups -OCH3 is 1. The van der Waals surface area contributed by atoms with Gasteiger partial charge in [-0.25, -0.2) is 4.79 Å². The van der Waals surface area contributed by atoms with E-state index in [0.717, 1.165) is 19.4 Å². The van der Waals surface area contributed by atoms with E-state index in [9.17, 15) is 4.79 Å². The first kappa shape index (κ1) is 15.2. The molecule has 2 N–H and O–H groups in total. The Labute approximate surface area is 110 Å². The highest BCUT2D eigenvalue weighted by Crippen LogP contribution is 2.18. The molecule has 1 aliphatic rings. The zero-order chi connectivity index (χ0) is 13.6. The van der Waals surface area contributed by atoms with Crippen LogP contribution in [0.3, 0.4) is 0 Å². The monoisotopic (exact) mass is 258 g/mol. The first-order valence-corrected chi connectivity index (χ1v) is 6.59. The van der Waals surface area contributed by atoms with Gasteiger partial charge in [0.25, 0.3) is 0 Å². The predicted molar refractivity (Wildman–Crippen MR) is 70.6 cm³/mol. The van der Waals surface area contributed by atoms with Crippen LogP contribution in [0.4, 0.5) is 4.79 Å². The van der Waals surface area contributed by atoms with Gasteiger partial charge in [0.15, 0.2) is 0 Å². The minimum Gasteiger partial charge on any atom is -0.385 e. The Morgan fingerprint density at radius 2 is 2.22 bits per heavy atom. The minimum absolute atomic E-state index is 0.0468. The summed E-state index contributed by atoms with van der Waals surface area (Å²) < 4.78 is 10.5. The molecule has 0 aliphatic carbocycles. The SMILES string of the molecule is COCCC(C)(C)CNC(=O)NC1CCOC1C. The summed E-state index contributed by atoms with van der Waals surface area (Å²) in [5, 5.41) is 5.87. The van der Waals surface area contributed by atoms with Crippen LogP contribution in [0.2, 0.25) is 0 Å². The molecule has 0 radical (unpaired) electrons. The molecule has 2 atom stereocenters. The number of nitrogens with one attached hydrogen (secondary N) is 2. The molecule has 0 aromatic carbocycles. The van der Waals surface area contributed by atoms with Crippen LogP contribution in [-0.2, 0) is 9.47 Å². The van der Waals surface area contributed by atoms with Gasteiger partial charge in [0.1, 0.15) is 0 Å². The maximum absolute atomic E-state index is 11.8. The van der Waals surface area contributed by atoms with Crippen molar-refractivity contribution in [3.05, 3.63) is 0 Å². The van der Waals surface area contributed by atoms with E-state index < -0.39 is 0 Å². The lowest BCUT2D eigenvalue weighted by molar-refractivity contribution is 0.114. The smallest absolute Gasteiger partial charge is 0.315 e. The van der Waals surface area contributed by atoms with Crippen molar-refractivity contribution >= 4 is 6.03 Å². The third-order valence-electron chi connectivity index (χ3n) is 3.40. The van der Waals surface area contributed by atoms with Crippen LogP contribution in [0, 0.1) is 5.41 Å². The first-order valence-electron chi connectivity index (χ1n) is 6.59. The molecule has 1 rings (SSSR count). The average molecular weight is 258 g/mol. The van der Waals surface area contributed by atoms with E-state index in [2.05, 4.69) is 24.5 Å². The maximum atomic E-state index is 11.8. The van der Waals surface area contributed by atoms with Gasteiger partial charge in [-0.3, -0.25) is 0 Å². The number of ether oxygens (including phenoxy) is 2. The molecule has 1 aliphatic heterocycles. The van der Waals surface area contributed by atoms with E-state index in [0.29, 0.717) is 13.2 Å². The van der Waals surface area contributed by atoms with E-state index in [1.807, 2.05) is 6.92 Å². The summed E-state index contributed by atoms with van der Waals surface area (Å²) in [7, 11) is 1.69. The van der Waals surface area contributed by atoms with E-state index in [-0.39, 0.29) is 23.6 Å². The zero-order valence-electron chi connectivity index (χ0n) is 11.9. The summed E-state index contributed by atoms with van der Waals surface area (Å²) in [6.45, 7) is 8.31. The standard InChI is InChI=1S/C13H26N2O3/c1-10-11(5-7-18-10)15-12(16)14-9-13(2,3)6-8-17-4/h10-11H,5-9H2,1-4H3,(H2,14,15,16). The van der Waals surface area contributed by atoms with Gasteiger partial charge in [-0.05, 0) is 25.2 Å². The summed E-state index contributed by atoms with van der Waals surface area (Å²) >= 11 is 0. The van der Waals surface area contributed by atoms with Crippen LogP contribution in [0.15, 0.2) is 0 Å². The number of carbonyl (C=O) groups excluding carboxylic acids is 1. The van der Waals surface area contributed by atoms with Gasteiger partial charge < -0.3 is 20.1 Å². The highest BCUT2D eigenvalue weighted by Gasteiger charge is 2.26. The van der Waals surface area contributed by atoms with Crippen LogP contribution in [0.25, 0.3) is 0 Å². The van der Waals surface area contributed by atoms with Crippen LogP contribution >= 0.6 is 0 Å². The van der Waals surface area contributed by atoms with Gasteiger partial charge in [-0.15, -0.1) is 0 Å². The number of hydrogen-bond acceptors (Lipinski definition) is 3. The lowest BCUT2D eigenvalue weighted by Gasteiger charge is -2.25. The molecule has 2 unspecified atom stereocenters. The van der Waals surface area contributed by atoms with E-state index >= 15 is 0 Å². The number of urea groups is 1. The van der Waals surface area contributed by atoms with Gasteiger partial charge in [0.05, 0.1) is 12.1 Å². The lowest BCUT2D eigenvalue weighted by Crippen LogP contribution is -2.47. The molecule has 0 aromatic heterocycles. The van der Waals surface area contributed by atoms with Crippen molar-refractivity contribution < 1.29 is 14.3 Å². The Balaban J connectivity index is 2.23. The summed E-state index contributed by atoms with van der Waals surface area (Å²) in [6, 6.07) is 0.0231. The van der Waals surface area contributed by atoms with Gasteiger partial charge in [0.2, 0.25) is 0 Å². The molecule has 0 saturated carbocycles. The molecule has 1 heterocycles. The Kier molecular flexibility index (Phi) is 5.88. The van der Waals surface area contributed by atoms with E-state index in [1.165, 1.54) is 0 Å². The van der Waals surface area contributed by atoms with Gasteiger partial charge in [0, 0.05) is 26.9 Å². The zero-order valence-corrected chi connectivity index (χ0v) is 11.9. The summed E-state index contributed by atoms with van der Waals surface area (Å²) in [4.78, 5) is 11.8. The highest BCUT2D eigenvalue weighted by atomic mass is 16.5. The number of carbonyl (C=O) groups is 1. The molecular formula is C13H26N2O3. The molecule has 0 bridgehead atoms. The minimum atomic E-state index is -0.108. The van der Waals surface area contributed by atoms with Crippen LogP contribution in [0.5, 0.6) is 0 Å². The van der Waals surface area contributed by atoms with Gasteiger partial charge >= 0.3 is 6.03 Å². The average Bonchev–Trinajstić information content (AvgIpc) is 2.70. The molecular weight excluding hydrogens is 232 g/mol. The second kappa shape index (κ2) is 6.95. The molecule has 0 aromatic rings. The third kappa shape index (κ3) is 5.23. The molecule has 5 heteroatoms. The van der Waals surface area contributed by atoms with Crippen LogP contribution < -0.4 is 10.6 Å². The molecule has 106 valence electrons. The second-order valence-electron chi connectivity index (χ2n) is 5.71. The van der Waals surface area contributed by atoms with Gasteiger partial charge in [-0.2, -0.15) is 0 Å². The fourth-order valence-electron chi connectivity index (χ4n) is 1.93. The molecule has 1 saturated heterocycles. The van der Waals surface area contributed by atoms with Crippen molar-refractivity contribution in [3.63, 3.8) is 0 Å². The first-order chi connectivity index (χ1) is 8.44. The summed E-state index contributed by atoms with van der Waals surface area (Å²) in [6.07, 6.45) is 1.92. The molecule has 1 fully saturated rings. The number of amides is 2. The maximum Gasteiger partial charge on any atom is 0.315 e. The predicted octanol–water partition coefficient (Wildman–Crippen LogP) is 1.53. The highest BCUT2D eigenvalue weighted by molar-refractivity contribution is 5.74. The van der Waals surface area contributed by atoms with Crippen molar-refractivity contribution in [1.29, 1.82) is 0 Å². The topological polar surface area (TPSA) is 59.6 Å². The molecule has 18 heavy (non-hydrogen) atoms. The molecule has 2 amide bonds. The third-order valence-corrected chi connectivity index (χ3v) is 3.40. The largest absolute Gasteiger partial charge is 0.385 e. The van der Waals surface area contributed by atoms with Crippen molar-refractivity contribution in [3.8, 4) is 0 Å². The van der Waals surface area contributed by atoms with E-state index in [1.54, 1.807) is 7.11 Å². The fraction of sp³-hybridized carbons (Fsp3) is 0.923. The Bertz CT molecular complexity index is 269. The normalized spacial score (nSPS) is 24.0. The fourth-order valence-corrected chi connectivity index (χ4v) is 1.93. The van der Waals surface area contributed by atoms with Crippen molar-refractivity contribution in [1.82, 2.24) is 10.6 Å². The molecule has 0 spiro atoms. The van der Waals surface area contributed by atoms with Crippen molar-refractivity contribution in [2.45, 2.75) is 45.8 Å². The molecule has 5 nitrogen and oxygen atoms in total. The summed E-state index contributed by atoms with van der Waals surface area (Å²) in [5.41, 5.74) is 0.0468. The van der Waals surface area contributed by atoms with Gasteiger partial charge in [-0.1, -0.05) is 13.8 Å². The van der Waals surface area contributed by atoms with Crippen molar-refractivity contribution in [2.75, 3.05) is 26.9 Å². The summed E-state index contributed by atoms with van der Waals surface area (Å²) in [5.74, 6) is 0. The number of rotatable bonds is 6. The van der Waals surface area contributed by atoms with Crippen LogP contribution in [-0.4, -0.2) is 45.0 Å². The lowest BCUT2D eigenvalue weighted by atomic mass is 9.90. The Morgan fingerprint density at radius 3 is 2.78 bits per heavy atom. The van der Waals surface area contributed by atoms with E-state index in [4.69, 9.17) is 9.47 Å².